The number of nitrogens with zero attached hydrogens (tertiary/aromatic N) is 1. The summed E-state index contributed by atoms with van der Waals surface area (Å²) in [5.74, 6) is 1.76. The van der Waals surface area contributed by atoms with Gasteiger partial charge in [-0.25, -0.2) is 0 Å². The predicted molar refractivity (Wildman–Crippen MR) is 251 cm³/mol. The average Bonchev–Trinajstić information content (AvgIpc) is 3.91. The standard InChI is InChI=1S/C57H37NO3/c1-3-12-38(13-4-1)45-16-7-9-20-50(45)58(44-31-24-39(25-32-44)46-18-11-19-48-47-17-8-10-21-52(47)61-57(46)48)43-29-22-37(23-30-43)42-26-33-49-54(36-42)59-53-35-28-41-27-34-51(60-56(41)55(49)53)40-14-5-2-6-15-40/h1-26,28-36H,27H2. The van der Waals surface area contributed by atoms with E-state index in [-0.39, 0.29) is 0 Å². The molecule has 0 bridgehead atoms. The highest BCUT2D eigenvalue weighted by Gasteiger charge is 2.22. The second-order valence-corrected chi connectivity index (χ2v) is 15.6. The molecule has 1 aliphatic rings. The van der Waals surface area contributed by atoms with Gasteiger partial charge in [-0.1, -0.05) is 152 Å². The van der Waals surface area contributed by atoms with E-state index in [0.29, 0.717) is 0 Å². The Morgan fingerprint density at radius 2 is 1.03 bits per heavy atom. The van der Waals surface area contributed by atoms with Gasteiger partial charge in [0.2, 0.25) is 0 Å². The molecule has 61 heavy (non-hydrogen) atoms. The summed E-state index contributed by atoms with van der Waals surface area (Å²) in [7, 11) is 0. The van der Waals surface area contributed by atoms with Crippen LogP contribution in [-0.4, -0.2) is 0 Å². The number of rotatable bonds is 7. The molecule has 0 unspecified atom stereocenters. The van der Waals surface area contributed by atoms with Crippen molar-refractivity contribution in [1.29, 1.82) is 0 Å². The molecule has 2 aromatic heterocycles. The zero-order valence-corrected chi connectivity index (χ0v) is 33.1. The Labute approximate surface area is 352 Å². The topological polar surface area (TPSA) is 38.8 Å². The molecule has 12 rings (SSSR count). The lowest BCUT2D eigenvalue weighted by Crippen LogP contribution is -2.11. The molecule has 9 aromatic carbocycles. The molecule has 288 valence electrons. The fraction of sp³-hybridized carbons (Fsp3) is 0.0175. The number of furan rings is 2. The summed E-state index contributed by atoms with van der Waals surface area (Å²) in [6.07, 6.45) is 2.97. The second-order valence-electron chi connectivity index (χ2n) is 15.6. The summed E-state index contributed by atoms with van der Waals surface area (Å²) in [4.78, 5) is 2.35. The first-order valence-electron chi connectivity index (χ1n) is 20.7. The number of ether oxygens (including phenoxy) is 1. The summed E-state index contributed by atoms with van der Waals surface area (Å²) in [5, 5.41) is 4.32. The maximum Gasteiger partial charge on any atom is 0.143 e. The third kappa shape index (κ3) is 5.99. The van der Waals surface area contributed by atoms with Crippen LogP contribution >= 0.6 is 0 Å². The Kier molecular flexibility index (Phi) is 8.20. The quantitative estimate of drug-likeness (QED) is 0.161. The fourth-order valence-electron chi connectivity index (χ4n) is 9.00. The van der Waals surface area contributed by atoms with E-state index in [1.807, 2.05) is 30.3 Å². The van der Waals surface area contributed by atoms with Crippen LogP contribution in [0.3, 0.4) is 0 Å². The number of hydrogen-bond donors (Lipinski definition) is 0. The van der Waals surface area contributed by atoms with Gasteiger partial charge in [0.05, 0.1) is 11.1 Å². The number of allylic oxidation sites excluding steroid dienone is 1. The van der Waals surface area contributed by atoms with Gasteiger partial charge < -0.3 is 18.5 Å². The Balaban J connectivity index is 0.918. The molecule has 0 fully saturated rings. The van der Waals surface area contributed by atoms with E-state index < -0.39 is 0 Å². The number of hydrogen-bond acceptors (Lipinski definition) is 4. The van der Waals surface area contributed by atoms with E-state index in [1.54, 1.807) is 0 Å². The Bertz CT molecular complexity index is 3450. The monoisotopic (exact) mass is 783 g/mol. The van der Waals surface area contributed by atoms with E-state index in [1.165, 1.54) is 0 Å². The first-order valence-corrected chi connectivity index (χ1v) is 20.7. The van der Waals surface area contributed by atoms with Gasteiger partial charge in [0.25, 0.3) is 0 Å². The zero-order chi connectivity index (χ0) is 40.3. The number of anilines is 3. The van der Waals surface area contributed by atoms with Crippen molar-refractivity contribution in [2.75, 3.05) is 4.90 Å². The van der Waals surface area contributed by atoms with E-state index in [0.717, 1.165) is 123 Å². The summed E-state index contributed by atoms with van der Waals surface area (Å²) >= 11 is 0. The van der Waals surface area contributed by atoms with E-state index >= 15 is 0 Å². The Morgan fingerprint density at radius 1 is 0.393 bits per heavy atom. The maximum absolute atomic E-state index is 6.61. The molecule has 0 amide bonds. The largest absolute Gasteiger partial charge is 0.456 e. The highest BCUT2D eigenvalue weighted by atomic mass is 16.5. The fourth-order valence-corrected chi connectivity index (χ4v) is 9.00. The molecule has 1 aliphatic heterocycles. The molecule has 0 N–H and O–H groups in total. The minimum Gasteiger partial charge on any atom is -0.456 e. The van der Waals surface area contributed by atoms with Crippen LogP contribution in [0.15, 0.2) is 221 Å². The van der Waals surface area contributed by atoms with Gasteiger partial charge in [-0.05, 0) is 94.9 Å². The third-order valence-corrected chi connectivity index (χ3v) is 12.0. The Hall–Kier alpha value is -8.08. The lowest BCUT2D eigenvalue weighted by atomic mass is 9.99. The summed E-state index contributed by atoms with van der Waals surface area (Å²) < 4.78 is 19.6. The molecule has 3 heterocycles. The van der Waals surface area contributed by atoms with Crippen molar-refractivity contribution in [3.63, 3.8) is 0 Å². The molecule has 0 atom stereocenters. The maximum atomic E-state index is 6.61. The van der Waals surface area contributed by atoms with Crippen molar-refractivity contribution < 1.29 is 13.6 Å². The number of para-hydroxylation sites is 3. The normalized spacial score (nSPS) is 12.4. The molecular formula is C57H37NO3. The Morgan fingerprint density at radius 3 is 1.84 bits per heavy atom. The molecule has 0 saturated heterocycles. The van der Waals surface area contributed by atoms with Gasteiger partial charge in [0.15, 0.2) is 0 Å². The minimum absolute atomic E-state index is 0.808. The highest BCUT2D eigenvalue weighted by Crippen LogP contribution is 2.45. The third-order valence-electron chi connectivity index (χ3n) is 12.0. The smallest absolute Gasteiger partial charge is 0.143 e. The van der Waals surface area contributed by atoms with Crippen molar-refractivity contribution in [3.05, 3.63) is 223 Å². The molecule has 11 aromatic rings. The van der Waals surface area contributed by atoms with Crippen LogP contribution < -0.4 is 9.64 Å². The highest BCUT2D eigenvalue weighted by molar-refractivity contribution is 6.11. The van der Waals surface area contributed by atoms with Crippen LogP contribution in [0.1, 0.15) is 11.1 Å². The van der Waals surface area contributed by atoms with E-state index in [4.69, 9.17) is 13.6 Å². The predicted octanol–water partition coefficient (Wildman–Crippen LogP) is 15.9. The minimum atomic E-state index is 0.808. The van der Waals surface area contributed by atoms with Gasteiger partial charge in [-0.15, -0.1) is 0 Å². The summed E-state index contributed by atoms with van der Waals surface area (Å²) in [5.41, 5.74) is 15.5. The van der Waals surface area contributed by atoms with Gasteiger partial charge >= 0.3 is 0 Å². The first kappa shape index (κ1) is 34.9. The van der Waals surface area contributed by atoms with Gasteiger partial charge in [0, 0.05) is 44.2 Å². The van der Waals surface area contributed by atoms with Crippen LogP contribution in [0, 0.1) is 0 Å². The van der Waals surface area contributed by atoms with Crippen molar-refractivity contribution in [2.24, 2.45) is 0 Å². The summed E-state index contributed by atoms with van der Waals surface area (Å²) in [6.45, 7) is 0. The molecular weight excluding hydrogens is 747 g/mol. The molecule has 4 heteroatoms. The van der Waals surface area contributed by atoms with Crippen LogP contribution in [0.2, 0.25) is 0 Å². The van der Waals surface area contributed by atoms with Crippen LogP contribution in [-0.2, 0) is 6.42 Å². The second kappa shape index (κ2) is 14.3. The number of benzene rings is 9. The number of fused-ring (bicyclic) bond motifs is 8. The van der Waals surface area contributed by atoms with Gasteiger partial charge in [0.1, 0.15) is 33.8 Å². The molecule has 0 spiro atoms. The van der Waals surface area contributed by atoms with Crippen molar-refractivity contribution in [1.82, 2.24) is 0 Å². The van der Waals surface area contributed by atoms with Gasteiger partial charge in [-0.3, -0.25) is 0 Å². The van der Waals surface area contributed by atoms with Crippen molar-refractivity contribution >= 4 is 66.7 Å². The van der Waals surface area contributed by atoms with Crippen LogP contribution in [0.5, 0.6) is 5.75 Å². The lowest BCUT2D eigenvalue weighted by molar-refractivity contribution is 0.504. The SMILES string of the molecule is C1=C(c2ccccc2)Oc2c(ccc3oc4cc(-c5ccc(N(c6ccc(-c7cccc8c7oc7ccccc78)cc6)c6ccccc6-c6ccccc6)cc5)ccc4c23)C1. The average molecular weight is 784 g/mol. The molecule has 0 radical (unpaired) electrons. The molecule has 4 nitrogen and oxygen atoms in total. The first-order chi connectivity index (χ1) is 30.2. The van der Waals surface area contributed by atoms with E-state index in [9.17, 15) is 0 Å². The van der Waals surface area contributed by atoms with Crippen LogP contribution in [0.25, 0.3) is 83.0 Å². The van der Waals surface area contributed by atoms with Crippen molar-refractivity contribution in [3.8, 4) is 39.1 Å². The molecule has 0 saturated carbocycles. The van der Waals surface area contributed by atoms with E-state index in [2.05, 4.69) is 187 Å². The van der Waals surface area contributed by atoms with Crippen LogP contribution in [0.4, 0.5) is 17.1 Å². The van der Waals surface area contributed by atoms with Crippen molar-refractivity contribution in [2.45, 2.75) is 6.42 Å². The summed E-state index contributed by atoms with van der Waals surface area (Å²) in [6, 6.07) is 72.5. The molecule has 0 aliphatic carbocycles. The van der Waals surface area contributed by atoms with Gasteiger partial charge in [-0.2, -0.15) is 0 Å². The lowest BCUT2D eigenvalue weighted by Gasteiger charge is -2.28. The zero-order valence-electron chi connectivity index (χ0n) is 33.1.